The molecular formula is C24H19BrF3NO3S2. The molecule has 2 aromatic carbocycles. The molecule has 2 heterocycles. The third kappa shape index (κ3) is 4.30. The van der Waals surface area contributed by atoms with Gasteiger partial charge in [-0.05, 0) is 57.9 Å². The molecule has 0 bridgehead atoms. The van der Waals surface area contributed by atoms with Gasteiger partial charge in [-0.2, -0.15) is 13.2 Å². The van der Waals surface area contributed by atoms with Crippen LogP contribution in [0.4, 0.5) is 18.9 Å². The molecule has 0 saturated heterocycles. The summed E-state index contributed by atoms with van der Waals surface area (Å²) in [6, 6.07) is 8.43. The van der Waals surface area contributed by atoms with Crippen LogP contribution >= 0.6 is 27.3 Å². The molecule has 1 aliphatic heterocycles. The summed E-state index contributed by atoms with van der Waals surface area (Å²) in [5, 5.41) is 3.70. The van der Waals surface area contributed by atoms with Crippen LogP contribution in [0.5, 0.6) is 5.75 Å². The van der Waals surface area contributed by atoms with E-state index in [4.69, 9.17) is 4.74 Å². The number of fused-ring (bicyclic) bond motifs is 3. The Labute approximate surface area is 207 Å². The zero-order valence-corrected chi connectivity index (χ0v) is 21.2. The fourth-order valence-electron chi connectivity index (χ4n) is 4.37. The summed E-state index contributed by atoms with van der Waals surface area (Å²) in [7, 11) is -3.40. The van der Waals surface area contributed by atoms with Gasteiger partial charge < -0.3 is 10.1 Å². The molecule has 0 amide bonds. The molecule has 0 unspecified atom stereocenters. The average Bonchev–Trinajstić information content (AvgIpc) is 3.31. The third-order valence-corrected chi connectivity index (χ3v) is 9.37. The smallest absolute Gasteiger partial charge is 0.393 e. The van der Waals surface area contributed by atoms with Gasteiger partial charge in [0.1, 0.15) is 5.75 Å². The first-order valence-corrected chi connectivity index (χ1v) is 14.0. The van der Waals surface area contributed by atoms with Crippen molar-refractivity contribution in [3.63, 3.8) is 0 Å². The molecular weight excluding hydrogens is 551 g/mol. The van der Waals surface area contributed by atoms with Gasteiger partial charge in [-0.1, -0.05) is 24.0 Å². The first-order chi connectivity index (χ1) is 16.0. The van der Waals surface area contributed by atoms with Crippen LogP contribution in [-0.2, 0) is 21.7 Å². The minimum absolute atomic E-state index is 0.169. The van der Waals surface area contributed by atoms with E-state index in [1.54, 1.807) is 30.3 Å². The van der Waals surface area contributed by atoms with Crippen molar-refractivity contribution in [1.29, 1.82) is 0 Å². The maximum absolute atomic E-state index is 13.2. The van der Waals surface area contributed by atoms with E-state index >= 15 is 0 Å². The van der Waals surface area contributed by atoms with Gasteiger partial charge in [0.2, 0.25) is 0 Å². The van der Waals surface area contributed by atoms with E-state index in [1.165, 1.54) is 17.6 Å². The Hall–Kier alpha value is -2.22. The highest BCUT2D eigenvalue weighted by molar-refractivity contribution is 9.10. The fourth-order valence-corrected chi connectivity index (χ4v) is 7.07. The summed E-state index contributed by atoms with van der Waals surface area (Å²) < 4.78 is 71.6. The zero-order valence-electron chi connectivity index (χ0n) is 18.0. The number of anilines is 1. The van der Waals surface area contributed by atoms with Gasteiger partial charge in [0.15, 0.2) is 9.84 Å². The van der Waals surface area contributed by atoms with Crippen LogP contribution in [0.3, 0.4) is 0 Å². The lowest BCUT2D eigenvalue weighted by molar-refractivity contribution is -0.126. The first-order valence-electron chi connectivity index (χ1n) is 10.5. The summed E-state index contributed by atoms with van der Waals surface area (Å²) in [6.45, 7) is 0.620. The second-order valence-corrected chi connectivity index (χ2v) is 12.5. The van der Waals surface area contributed by atoms with Crippen molar-refractivity contribution in [3.8, 4) is 17.6 Å². The second-order valence-electron chi connectivity index (χ2n) is 8.63. The summed E-state index contributed by atoms with van der Waals surface area (Å²) in [5.74, 6) is 6.36. The van der Waals surface area contributed by atoms with Crippen molar-refractivity contribution in [2.75, 3.05) is 24.7 Å². The van der Waals surface area contributed by atoms with Gasteiger partial charge >= 0.3 is 6.18 Å². The number of ether oxygens (including phenoxy) is 1. The normalized spacial score (nSPS) is 16.1. The highest BCUT2D eigenvalue weighted by atomic mass is 79.9. The molecule has 1 saturated carbocycles. The standard InChI is InChI=1S/C24H19BrF3NO3S2/c1-34(30,31)19-8-7-17(21-20(19)23(9-10-23)13-32-21)29-11-3-6-18-15(12-24(26,27)28)14-4-2-5-16(25)22(14)33-18/h2,4-5,7-8,29H,9-13H2,1H3. The number of hydrogen-bond acceptors (Lipinski definition) is 5. The van der Waals surface area contributed by atoms with E-state index in [2.05, 4.69) is 33.1 Å². The van der Waals surface area contributed by atoms with Crippen molar-refractivity contribution in [3.05, 3.63) is 50.8 Å². The molecule has 1 spiro atoms. The lowest BCUT2D eigenvalue weighted by atomic mass is 9.98. The Kier molecular flexibility index (Phi) is 5.66. The number of thiophene rings is 1. The average molecular weight is 570 g/mol. The molecule has 5 rings (SSSR count). The van der Waals surface area contributed by atoms with Crippen LogP contribution in [0.25, 0.3) is 10.1 Å². The quantitative estimate of drug-likeness (QED) is 0.388. The number of sulfone groups is 1. The zero-order chi connectivity index (χ0) is 24.3. The molecule has 1 N–H and O–H groups in total. The van der Waals surface area contributed by atoms with E-state index in [-0.39, 0.29) is 17.5 Å². The van der Waals surface area contributed by atoms with E-state index in [0.717, 1.165) is 27.6 Å². The van der Waals surface area contributed by atoms with Gasteiger partial charge in [-0.3, -0.25) is 0 Å². The molecule has 1 aliphatic carbocycles. The van der Waals surface area contributed by atoms with E-state index in [9.17, 15) is 21.6 Å². The van der Waals surface area contributed by atoms with Crippen molar-refractivity contribution in [2.24, 2.45) is 0 Å². The number of halogens is 4. The van der Waals surface area contributed by atoms with E-state index in [1.807, 2.05) is 0 Å². The summed E-state index contributed by atoms with van der Waals surface area (Å²) in [6.07, 6.45) is -2.43. The lowest BCUT2D eigenvalue weighted by Crippen LogP contribution is -2.12. The number of rotatable bonds is 4. The minimum atomic E-state index is -4.34. The van der Waals surface area contributed by atoms with Crippen molar-refractivity contribution < 1.29 is 26.3 Å². The Morgan fingerprint density at radius 1 is 1.24 bits per heavy atom. The highest BCUT2D eigenvalue weighted by Gasteiger charge is 2.53. The maximum Gasteiger partial charge on any atom is 0.393 e. The molecule has 2 aliphatic rings. The number of benzene rings is 2. The molecule has 34 heavy (non-hydrogen) atoms. The van der Waals surface area contributed by atoms with Crippen LogP contribution < -0.4 is 10.1 Å². The first kappa shape index (κ1) is 23.5. The SMILES string of the molecule is CS(=O)(=O)c1ccc(NCC#Cc2sc3c(Br)cccc3c2CC(F)(F)F)c2c1C1(CC1)CO2. The predicted octanol–water partition coefficient (Wildman–Crippen LogP) is 6.06. The van der Waals surface area contributed by atoms with Crippen LogP contribution in [0, 0.1) is 11.8 Å². The van der Waals surface area contributed by atoms with E-state index in [0.29, 0.717) is 33.2 Å². The second kappa shape index (κ2) is 8.18. The molecule has 0 radical (unpaired) electrons. The summed E-state index contributed by atoms with van der Waals surface area (Å²) >= 11 is 4.64. The summed E-state index contributed by atoms with van der Waals surface area (Å²) in [5.41, 5.74) is 1.32. The molecule has 178 valence electrons. The van der Waals surface area contributed by atoms with Crippen molar-refractivity contribution >= 4 is 52.9 Å². The van der Waals surface area contributed by atoms with Crippen molar-refractivity contribution in [1.82, 2.24) is 0 Å². The van der Waals surface area contributed by atoms with Crippen LogP contribution in [0.15, 0.2) is 39.7 Å². The Morgan fingerprint density at radius 3 is 2.68 bits per heavy atom. The van der Waals surface area contributed by atoms with Gasteiger partial charge in [-0.25, -0.2) is 8.42 Å². The fraction of sp³-hybridized carbons (Fsp3) is 0.333. The van der Waals surface area contributed by atoms with Gasteiger partial charge in [0, 0.05) is 21.7 Å². The van der Waals surface area contributed by atoms with Crippen LogP contribution in [0.1, 0.15) is 28.8 Å². The number of hydrogen-bond donors (Lipinski definition) is 1. The van der Waals surface area contributed by atoms with Gasteiger partial charge in [0.05, 0.1) is 39.7 Å². The third-order valence-electron chi connectivity index (χ3n) is 6.11. The molecule has 1 fully saturated rings. The predicted molar refractivity (Wildman–Crippen MR) is 131 cm³/mol. The maximum atomic E-state index is 13.2. The Balaban J connectivity index is 1.43. The number of nitrogens with one attached hydrogen (secondary N) is 1. The summed E-state index contributed by atoms with van der Waals surface area (Å²) in [4.78, 5) is 0.675. The van der Waals surface area contributed by atoms with Crippen molar-refractivity contribution in [2.45, 2.75) is 35.7 Å². The lowest BCUT2D eigenvalue weighted by Gasteiger charge is -2.13. The van der Waals surface area contributed by atoms with Crippen LogP contribution in [0.2, 0.25) is 0 Å². The Morgan fingerprint density at radius 2 is 2.00 bits per heavy atom. The molecule has 1 aromatic heterocycles. The van der Waals surface area contributed by atoms with Crippen LogP contribution in [-0.4, -0.2) is 34.0 Å². The minimum Gasteiger partial charge on any atom is -0.490 e. The largest absolute Gasteiger partial charge is 0.490 e. The topological polar surface area (TPSA) is 55.4 Å². The van der Waals surface area contributed by atoms with Gasteiger partial charge in [-0.15, -0.1) is 11.3 Å². The molecule has 0 atom stereocenters. The molecule has 4 nitrogen and oxygen atoms in total. The Bertz CT molecular complexity index is 1480. The van der Waals surface area contributed by atoms with Gasteiger partial charge in [0.25, 0.3) is 0 Å². The monoisotopic (exact) mass is 569 g/mol. The number of alkyl halides is 3. The molecule has 10 heteroatoms. The van der Waals surface area contributed by atoms with E-state index < -0.39 is 22.4 Å². The highest BCUT2D eigenvalue weighted by Crippen LogP contribution is 2.59. The molecule has 3 aromatic rings.